The topological polar surface area (TPSA) is 421 Å². The summed E-state index contributed by atoms with van der Waals surface area (Å²) in [5.41, 5.74) is 3.08. The Hall–Kier alpha value is -10.4. The van der Waals surface area contributed by atoms with Gasteiger partial charge in [0.25, 0.3) is 0 Å². The van der Waals surface area contributed by atoms with Gasteiger partial charge in [-0.05, 0) is 87.9 Å². The molecule has 9 rings (SSSR count). The molecule has 0 spiro atoms. The van der Waals surface area contributed by atoms with Crippen molar-refractivity contribution in [1.29, 1.82) is 0 Å². The van der Waals surface area contributed by atoms with Gasteiger partial charge in [0.05, 0.1) is 31.5 Å². The number of imidazole rings is 2. The van der Waals surface area contributed by atoms with E-state index >= 15 is 9.59 Å². The lowest BCUT2D eigenvalue weighted by Gasteiger charge is -2.31. The molecule has 0 unspecified atom stereocenters. The van der Waals surface area contributed by atoms with Crippen LogP contribution in [-0.2, 0) is 84.8 Å². The number of H-pyrrole nitrogens is 4. The van der Waals surface area contributed by atoms with Crippen LogP contribution in [0.5, 0.6) is 5.75 Å². The Labute approximate surface area is 540 Å². The summed E-state index contributed by atoms with van der Waals surface area (Å²) in [6, 6.07) is 8.39. The van der Waals surface area contributed by atoms with E-state index in [-0.39, 0.29) is 69.1 Å². The van der Waals surface area contributed by atoms with E-state index in [1.165, 1.54) is 42.1 Å². The molecule has 7 aromatic rings. The highest BCUT2D eigenvalue weighted by Crippen LogP contribution is 2.24. The number of rotatable bonds is 30. The number of amides is 10. The number of nitrogens with zero attached hydrogens (tertiary/aromatic N) is 3. The van der Waals surface area contributed by atoms with Crippen LogP contribution in [0.3, 0.4) is 0 Å². The van der Waals surface area contributed by atoms with Crippen LogP contribution in [0, 0.1) is 0 Å². The fourth-order valence-corrected chi connectivity index (χ4v) is 11.4. The lowest BCUT2D eigenvalue weighted by atomic mass is 10.0. The number of phenols is 1. The second kappa shape index (κ2) is 31.3. The van der Waals surface area contributed by atoms with E-state index in [4.69, 9.17) is 4.74 Å². The number of para-hydroxylation sites is 2. The Balaban J connectivity index is 0.963. The standard InChI is InChI=1S/C65H80N16O13/c1-5-68-63(92)54-15-10-22-81(54)64(93)51(23-36-16-18-41(83)19-17-36)78-57(86)47(24-37-28-69-44-13-8-6-11-42(37)44)75-62(91)53(33-94-65(2,3)4)80-60(89)50(27-40-31-67-35-72-40)77-61(90)52(32-82)79-58(87)48(25-38-29-70-45-14-9-7-12-43(38)45)74-59(88)49(26-39-30-66-34-71-39)76-56(85)46-20-21-55(84)73-46/h6-9,11-14,16-19,28-31,34-35,46-54,69-70,82-83H,5,10,15,20-27,32-33H2,1-4H3,(H,66,71)(H,67,72)(H,68,92)(H,73,84)(H,74,88)(H,75,91)(H,76,85)(H,77,90)(H,78,86)(H,79,87)(H,80,89)/t46-,47-,48-,49-,50-,51-,52-,53+,54-/m0/s1. The minimum absolute atomic E-state index is 0.0265. The molecule has 0 aliphatic carbocycles. The first-order valence-corrected chi connectivity index (χ1v) is 31.2. The van der Waals surface area contributed by atoms with Crippen LogP contribution in [0.15, 0.2) is 110 Å². The number of ether oxygens (including phenoxy) is 1. The highest BCUT2D eigenvalue weighted by molar-refractivity contribution is 6.00. The molecule has 6 heterocycles. The third kappa shape index (κ3) is 18.0. The van der Waals surface area contributed by atoms with E-state index < -0.39 is 120 Å². The molecule has 4 aromatic heterocycles. The van der Waals surface area contributed by atoms with Crippen LogP contribution in [0.4, 0.5) is 0 Å². The number of carbonyl (C=O) groups excluding carboxylic acids is 10. The lowest BCUT2D eigenvalue weighted by Crippen LogP contribution is -2.62. The maximum Gasteiger partial charge on any atom is 0.246 e. The molecule has 10 amide bonds. The molecule has 3 aromatic carbocycles. The monoisotopic (exact) mass is 1290 g/mol. The first kappa shape index (κ1) is 68.0. The molecule has 2 fully saturated rings. The minimum atomic E-state index is -1.78. The van der Waals surface area contributed by atoms with Crippen molar-refractivity contribution in [3.8, 4) is 5.75 Å². The van der Waals surface area contributed by atoms with Crippen molar-refractivity contribution in [2.45, 2.75) is 145 Å². The molecule has 0 saturated carbocycles. The number of hydrogen-bond acceptors (Lipinski definition) is 15. The van der Waals surface area contributed by atoms with Crippen molar-refractivity contribution >= 4 is 80.9 Å². The molecule has 498 valence electrons. The van der Waals surface area contributed by atoms with Gasteiger partial charge in [-0.15, -0.1) is 0 Å². The van der Waals surface area contributed by atoms with Crippen LogP contribution in [0.25, 0.3) is 21.8 Å². The summed E-state index contributed by atoms with van der Waals surface area (Å²) in [5.74, 6) is -7.39. The number of carbonyl (C=O) groups is 10. The van der Waals surface area contributed by atoms with Crippen molar-refractivity contribution in [2.75, 3.05) is 26.3 Å². The maximum absolute atomic E-state index is 15.1. The van der Waals surface area contributed by atoms with Crippen LogP contribution in [0.2, 0.25) is 0 Å². The summed E-state index contributed by atoms with van der Waals surface area (Å²) in [7, 11) is 0. The average Bonchev–Trinajstić information content (AvgIpc) is 1.65. The number of aromatic hydroxyl groups is 1. The molecule has 15 N–H and O–H groups in total. The van der Waals surface area contributed by atoms with Gasteiger partial charge in [0.1, 0.15) is 60.1 Å². The maximum atomic E-state index is 15.1. The zero-order chi connectivity index (χ0) is 67.1. The molecule has 29 nitrogen and oxygen atoms in total. The van der Waals surface area contributed by atoms with Crippen molar-refractivity contribution in [3.05, 3.63) is 138 Å². The van der Waals surface area contributed by atoms with Crippen LogP contribution >= 0.6 is 0 Å². The number of aliphatic hydroxyl groups excluding tert-OH is 1. The van der Waals surface area contributed by atoms with Gasteiger partial charge in [0.2, 0.25) is 59.1 Å². The molecule has 9 atom stereocenters. The van der Waals surface area contributed by atoms with Gasteiger partial charge in [0.15, 0.2) is 0 Å². The van der Waals surface area contributed by atoms with Gasteiger partial charge in [-0.2, -0.15) is 0 Å². The molecule has 2 aliphatic heterocycles. The largest absolute Gasteiger partial charge is 0.508 e. The summed E-state index contributed by atoms with van der Waals surface area (Å²) in [4.78, 5) is 164. The highest BCUT2D eigenvalue weighted by atomic mass is 16.5. The van der Waals surface area contributed by atoms with Crippen molar-refractivity contribution in [3.63, 3.8) is 0 Å². The number of hydrogen-bond donors (Lipinski definition) is 15. The van der Waals surface area contributed by atoms with Gasteiger partial charge in [0, 0.05) is 110 Å². The van der Waals surface area contributed by atoms with Gasteiger partial charge in [-0.25, -0.2) is 9.97 Å². The number of phenolic OH excluding ortho intramolecular Hbond substituents is 1. The van der Waals surface area contributed by atoms with E-state index in [1.54, 1.807) is 76.5 Å². The zero-order valence-corrected chi connectivity index (χ0v) is 52.5. The number of aliphatic hydroxyl groups is 1. The summed E-state index contributed by atoms with van der Waals surface area (Å²) in [6.07, 6.45) is 9.36. The number of aromatic nitrogens is 6. The number of likely N-dealkylation sites (tertiary alicyclic amines) is 1. The Morgan fingerprint density at radius 2 is 1.09 bits per heavy atom. The highest BCUT2D eigenvalue weighted by Gasteiger charge is 2.40. The van der Waals surface area contributed by atoms with Crippen molar-refractivity contribution < 1.29 is 62.9 Å². The Bertz CT molecular complexity index is 3810. The Morgan fingerprint density at radius 1 is 0.596 bits per heavy atom. The van der Waals surface area contributed by atoms with Crippen LogP contribution in [0.1, 0.15) is 81.5 Å². The average molecular weight is 1290 g/mol. The normalized spacial score (nSPS) is 16.9. The zero-order valence-electron chi connectivity index (χ0n) is 52.5. The fourth-order valence-electron chi connectivity index (χ4n) is 11.4. The van der Waals surface area contributed by atoms with Gasteiger partial charge in [-0.3, -0.25) is 47.9 Å². The van der Waals surface area contributed by atoms with E-state index in [9.17, 15) is 48.6 Å². The van der Waals surface area contributed by atoms with Crippen molar-refractivity contribution in [1.82, 2.24) is 82.7 Å². The number of aromatic amines is 4. The van der Waals surface area contributed by atoms with Crippen LogP contribution < -0.4 is 47.9 Å². The van der Waals surface area contributed by atoms with Crippen molar-refractivity contribution in [2.24, 2.45) is 0 Å². The molecule has 0 radical (unpaired) electrons. The summed E-state index contributed by atoms with van der Waals surface area (Å²) >= 11 is 0. The predicted molar refractivity (Wildman–Crippen MR) is 341 cm³/mol. The molecular weight excluding hydrogens is 1210 g/mol. The molecule has 2 aliphatic rings. The number of nitrogens with one attached hydrogen (secondary N) is 13. The second-order valence-corrected chi connectivity index (χ2v) is 24.3. The summed E-state index contributed by atoms with van der Waals surface area (Å²) in [6.45, 7) is 5.99. The van der Waals surface area contributed by atoms with E-state index in [0.29, 0.717) is 58.4 Å². The molecule has 94 heavy (non-hydrogen) atoms. The predicted octanol–water partition coefficient (Wildman–Crippen LogP) is -0.0790. The molecular formula is C65H80N16O13. The van der Waals surface area contributed by atoms with E-state index in [1.807, 2.05) is 24.3 Å². The number of likely N-dealkylation sites (N-methyl/N-ethyl adjacent to an activating group) is 1. The number of benzene rings is 3. The first-order valence-electron chi connectivity index (χ1n) is 31.2. The smallest absolute Gasteiger partial charge is 0.246 e. The van der Waals surface area contributed by atoms with Gasteiger partial charge in [-0.1, -0.05) is 48.5 Å². The Kier molecular flexibility index (Phi) is 22.6. The fraction of sp³-hybridized carbons (Fsp3) is 0.415. The third-order valence-corrected chi connectivity index (χ3v) is 16.3. The first-order chi connectivity index (χ1) is 45.1. The quantitative estimate of drug-likeness (QED) is 0.0280. The molecule has 0 bridgehead atoms. The second-order valence-electron chi connectivity index (χ2n) is 24.3. The Morgan fingerprint density at radius 3 is 1.59 bits per heavy atom. The van der Waals surface area contributed by atoms with E-state index in [0.717, 1.165) is 10.9 Å². The van der Waals surface area contributed by atoms with Crippen LogP contribution in [-0.4, -0.2) is 190 Å². The third-order valence-electron chi connectivity index (χ3n) is 16.3. The lowest BCUT2D eigenvalue weighted by molar-refractivity contribution is -0.142. The van der Waals surface area contributed by atoms with E-state index in [2.05, 4.69) is 77.8 Å². The minimum Gasteiger partial charge on any atom is -0.508 e. The SMILES string of the molecule is CCNC(=O)[C@@H]1CCCN1C(=O)[C@H](Cc1ccc(O)cc1)NC(=O)[C@H](Cc1c[nH]c2ccccc12)NC(=O)[C@@H](COC(C)(C)C)NC(=O)[C@H](Cc1cnc[nH]1)NC(=O)[C@H](CO)NC(=O)[C@H](Cc1c[nH]c2ccccc12)NC(=O)[C@H](Cc1cnc[nH]1)NC(=O)[C@@H]1CCC(=O)N1. The summed E-state index contributed by atoms with van der Waals surface area (Å²) in [5, 5.41) is 46.7. The van der Waals surface area contributed by atoms with Gasteiger partial charge < -0.3 is 87.6 Å². The number of fused-ring (bicyclic) bond motifs is 2. The summed E-state index contributed by atoms with van der Waals surface area (Å²) < 4.78 is 6.12. The molecule has 29 heteroatoms. The van der Waals surface area contributed by atoms with Gasteiger partial charge >= 0.3 is 0 Å². The molecule has 2 saturated heterocycles.